The smallest absolute Gasteiger partial charge is 0.0872 e. The average Bonchev–Trinajstić information content (AvgIpc) is 1.99. The van der Waals surface area contributed by atoms with Crippen LogP contribution in [-0.4, -0.2) is 48.5 Å². The number of ether oxygens (including phenoxy) is 1. The molecule has 0 amide bonds. The van der Waals surface area contributed by atoms with Crippen LogP contribution in [0, 0.1) is 5.92 Å². The first-order valence-corrected chi connectivity index (χ1v) is 5.52. The van der Waals surface area contributed by atoms with E-state index in [1.165, 1.54) is 0 Å². The molecule has 1 fully saturated rings. The maximum absolute atomic E-state index is 9.48. The van der Waals surface area contributed by atoms with Gasteiger partial charge in [0.2, 0.25) is 0 Å². The van der Waals surface area contributed by atoms with E-state index in [0.717, 1.165) is 45.2 Å². The van der Waals surface area contributed by atoms with Crippen molar-refractivity contribution in [3.63, 3.8) is 0 Å². The van der Waals surface area contributed by atoms with Gasteiger partial charge in [0.1, 0.15) is 0 Å². The van der Waals surface area contributed by atoms with Crippen LogP contribution in [0.4, 0.5) is 0 Å². The highest BCUT2D eigenvalue weighted by molar-refractivity contribution is 4.90. The molecular formula is C11H23NO2. The molecule has 0 aromatic carbocycles. The zero-order valence-electron chi connectivity index (χ0n) is 9.62. The third-order valence-corrected chi connectivity index (χ3v) is 2.52. The summed E-state index contributed by atoms with van der Waals surface area (Å²) in [6.45, 7) is 10.5. The number of β-amino-alcohol motifs (C(OH)–C–C–N with tert-alkyl or cyclic N) is 1. The summed E-state index contributed by atoms with van der Waals surface area (Å²) in [5.41, 5.74) is -0.446. The molecule has 1 aliphatic heterocycles. The zero-order chi connectivity index (χ0) is 10.6. The molecule has 0 aromatic rings. The van der Waals surface area contributed by atoms with Gasteiger partial charge in [-0.25, -0.2) is 0 Å². The first-order chi connectivity index (χ1) is 6.49. The van der Waals surface area contributed by atoms with E-state index in [2.05, 4.69) is 18.7 Å². The van der Waals surface area contributed by atoms with Gasteiger partial charge in [0, 0.05) is 26.2 Å². The van der Waals surface area contributed by atoms with Gasteiger partial charge in [0.05, 0.1) is 12.2 Å². The average molecular weight is 201 g/mol. The number of rotatable bonds is 6. The van der Waals surface area contributed by atoms with E-state index in [-0.39, 0.29) is 0 Å². The molecule has 0 saturated carbocycles. The van der Waals surface area contributed by atoms with Crippen molar-refractivity contribution in [3.05, 3.63) is 0 Å². The van der Waals surface area contributed by atoms with Crippen LogP contribution in [0.15, 0.2) is 0 Å². The van der Waals surface area contributed by atoms with E-state index in [4.69, 9.17) is 4.74 Å². The van der Waals surface area contributed by atoms with Crippen molar-refractivity contribution in [3.8, 4) is 0 Å². The lowest BCUT2D eigenvalue weighted by Crippen LogP contribution is -2.60. The van der Waals surface area contributed by atoms with E-state index in [0.29, 0.717) is 0 Å². The molecule has 84 valence electrons. The molecule has 14 heavy (non-hydrogen) atoms. The molecule has 1 saturated heterocycles. The van der Waals surface area contributed by atoms with Crippen LogP contribution in [0.2, 0.25) is 0 Å². The van der Waals surface area contributed by atoms with Crippen LogP contribution in [0.5, 0.6) is 0 Å². The zero-order valence-corrected chi connectivity index (χ0v) is 9.62. The minimum atomic E-state index is -0.446. The van der Waals surface area contributed by atoms with Gasteiger partial charge in [0.15, 0.2) is 0 Å². The van der Waals surface area contributed by atoms with Gasteiger partial charge in [-0.1, -0.05) is 13.8 Å². The molecule has 0 aromatic heterocycles. The fraction of sp³-hybridized carbons (Fsp3) is 1.00. The Bertz CT molecular complexity index is 161. The molecule has 0 radical (unpaired) electrons. The Hall–Kier alpha value is -0.120. The summed E-state index contributed by atoms with van der Waals surface area (Å²) >= 11 is 0. The number of hydrogen-bond donors (Lipinski definition) is 1. The predicted molar refractivity (Wildman–Crippen MR) is 57.3 cm³/mol. The fourth-order valence-electron chi connectivity index (χ4n) is 1.69. The first-order valence-electron chi connectivity index (χ1n) is 5.52. The minimum absolute atomic E-state index is 0.446. The van der Waals surface area contributed by atoms with Crippen LogP contribution in [0.1, 0.15) is 27.2 Å². The van der Waals surface area contributed by atoms with E-state index in [9.17, 15) is 5.11 Å². The normalized spacial score (nSPS) is 21.2. The van der Waals surface area contributed by atoms with Crippen molar-refractivity contribution < 1.29 is 9.84 Å². The largest absolute Gasteiger partial charge is 0.388 e. The lowest BCUT2D eigenvalue weighted by molar-refractivity contribution is -0.0903. The molecule has 0 unspecified atom stereocenters. The summed E-state index contributed by atoms with van der Waals surface area (Å²) in [4.78, 5) is 2.22. The Morgan fingerprint density at radius 2 is 2.00 bits per heavy atom. The molecule has 1 aliphatic rings. The van der Waals surface area contributed by atoms with Gasteiger partial charge < -0.3 is 9.84 Å². The maximum Gasteiger partial charge on any atom is 0.0872 e. The van der Waals surface area contributed by atoms with Crippen molar-refractivity contribution in [2.75, 3.05) is 32.8 Å². The number of hydrogen-bond acceptors (Lipinski definition) is 3. The van der Waals surface area contributed by atoms with E-state index < -0.39 is 5.60 Å². The second-order valence-corrected chi connectivity index (χ2v) is 5.00. The third kappa shape index (κ3) is 4.40. The highest BCUT2D eigenvalue weighted by atomic mass is 16.5. The molecule has 0 atom stereocenters. The van der Waals surface area contributed by atoms with Crippen molar-refractivity contribution >= 4 is 0 Å². The summed E-state index contributed by atoms with van der Waals surface area (Å²) in [7, 11) is 0. The second-order valence-electron chi connectivity index (χ2n) is 5.00. The lowest BCUT2D eigenvalue weighted by Gasteiger charge is -2.44. The Morgan fingerprint density at radius 3 is 2.50 bits per heavy atom. The van der Waals surface area contributed by atoms with Crippen LogP contribution < -0.4 is 0 Å². The first kappa shape index (κ1) is 12.0. The van der Waals surface area contributed by atoms with Gasteiger partial charge in [0.25, 0.3) is 0 Å². The van der Waals surface area contributed by atoms with E-state index >= 15 is 0 Å². The summed E-state index contributed by atoms with van der Waals surface area (Å²) in [5.74, 6) is 0.722. The van der Waals surface area contributed by atoms with Crippen LogP contribution >= 0.6 is 0 Å². The molecule has 1 N–H and O–H groups in total. The van der Waals surface area contributed by atoms with Crippen molar-refractivity contribution in [1.82, 2.24) is 4.90 Å². The summed E-state index contributed by atoms with van der Waals surface area (Å²) < 4.78 is 5.50. The van der Waals surface area contributed by atoms with Crippen molar-refractivity contribution in [2.45, 2.75) is 32.8 Å². The van der Waals surface area contributed by atoms with Crippen LogP contribution in [0.3, 0.4) is 0 Å². The van der Waals surface area contributed by atoms with Gasteiger partial charge in [-0.3, -0.25) is 4.90 Å². The Labute approximate surface area is 87.1 Å². The lowest BCUT2D eigenvalue weighted by atomic mass is 9.97. The predicted octanol–water partition coefficient (Wildman–Crippen LogP) is 1.12. The molecule has 3 nitrogen and oxygen atoms in total. The van der Waals surface area contributed by atoms with Crippen LogP contribution in [-0.2, 0) is 4.74 Å². The number of likely N-dealkylation sites (tertiary alicyclic amines) is 1. The molecule has 0 bridgehead atoms. The Morgan fingerprint density at radius 1 is 1.36 bits per heavy atom. The summed E-state index contributed by atoms with van der Waals surface area (Å²) in [6.07, 6.45) is 1.14. The highest BCUT2D eigenvalue weighted by Gasteiger charge is 2.35. The minimum Gasteiger partial charge on any atom is -0.388 e. The van der Waals surface area contributed by atoms with Crippen LogP contribution in [0.25, 0.3) is 0 Å². The Kier molecular flexibility index (Phi) is 4.35. The molecule has 1 rings (SSSR count). The van der Waals surface area contributed by atoms with Gasteiger partial charge in [-0.05, 0) is 19.3 Å². The highest BCUT2D eigenvalue weighted by Crippen LogP contribution is 2.18. The van der Waals surface area contributed by atoms with Crippen molar-refractivity contribution in [2.24, 2.45) is 5.92 Å². The maximum atomic E-state index is 9.48. The summed E-state index contributed by atoms with van der Waals surface area (Å²) in [6, 6.07) is 0. The summed E-state index contributed by atoms with van der Waals surface area (Å²) in [5, 5.41) is 9.48. The number of nitrogens with zero attached hydrogens (tertiary/aromatic N) is 1. The molecule has 1 heterocycles. The monoisotopic (exact) mass is 201 g/mol. The van der Waals surface area contributed by atoms with E-state index in [1.807, 2.05) is 6.92 Å². The number of aliphatic hydroxyl groups is 1. The third-order valence-electron chi connectivity index (χ3n) is 2.52. The topological polar surface area (TPSA) is 32.7 Å². The van der Waals surface area contributed by atoms with Gasteiger partial charge in [-0.2, -0.15) is 0 Å². The van der Waals surface area contributed by atoms with Gasteiger partial charge in [-0.15, -0.1) is 0 Å². The van der Waals surface area contributed by atoms with E-state index in [1.54, 1.807) is 0 Å². The standard InChI is InChI=1S/C11H23NO2/c1-10(2)4-6-14-7-5-12-8-11(3,13)9-12/h10,13H,4-9H2,1-3H3. The quantitative estimate of drug-likeness (QED) is 0.654. The SMILES string of the molecule is CC(C)CCOCCN1CC(C)(O)C1. The van der Waals surface area contributed by atoms with Crippen molar-refractivity contribution in [1.29, 1.82) is 0 Å². The Balaban J connectivity index is 1.86. The molecular weight excluding hydrogens is 178 g/mol. The second kappa shape index (κ2) is 5.10. The van der Waals surface area contributed by atoms with Gasteiger partial charge >= 0.3 is 0 Å². The molecule has 3 heteroatoms. The molecule has 0 aliphatic carbocycles. The molecule has 0 spiro atoms. The fourth-order valence-corrected chi connectivity index (χ4v) is 1.69.